The number of ether oxygens (including phenoxy) is 1. The van der Waals surface area contributed by atoms with Gasteiger partial charge in [-0.3, -0.25) is 14.4 Å². The summed E-state index contributed by atoms with van der Waals surface area (Å²) in [6.45, 7) is 2.22. The van der Waals surface area contributed by atoms with Crippen molar-refractivity contribution in [2.24, 2.45) is 11.3 Å². The first-order valence-electron chi connectivity index (χ1n) is 8.45. The first kappa shape index (κ1) is 17.2. The Labute approximate surface area is 146 Å². The lowest BCUT2D eigenvalue weighted by atomic mass is 9.74. The maximum absolute atomic E-state index is 13.0. The van der Waals surface area contributed by atoms with Crippen LogP contribution in [0, 0.1) is 11.3 Å². The number of esters is 1. The Balaban J connectivity index is 2.00. The maximum Gasteiger partial charge on any atom is 0.318 e. The van der Waals surface area contributed by atoms with Crippen molar-refractivity contribution in [3.63, 3.8) is 0 Å². The third-order valence-corrected chi connectivity index (χ3v) is 4.99. The number of carbonyl (C=O) groups excluding carboxylic acids is 2. The number of allylic oxidation sites excluding steroid dienone is 1. The molecule has 1 aromatic carbocycles. The van der Waals surface area contributed by atoms with Gasteiger partial charge in [-0.25, -0.2) is 0 Å². The van der Waals surface area contributed by atoms with Crippen LogP contribution in [0.3, 0.4) is 0 Å². The largest absolute Gasteiger partial charge is 0.481 e. The quantitative estimate of drug-likeness (QED) is 0.802. The molecule has 2 atom stereocenters. The number of carboxylic acids is 1. The van der Waals surface area contributed by atoms with Crippen molar-refractivity contribution < 1.29 is 24.2 Å². The van der Waals surface area contributed by atoms with E-state index in [-0.39, 0.29) is 18.9 Å². The van der Waals surface area contributed by atoms with Crippen LogP contribution < -0.4 is 0 Å². The molecule has 0 aromatic heterocycles. The van der Waals surface area contributed by atoms with E-state index in [0.29, 0.717) is 25.1 Å². The fourth-order valence-corrected chi connectivity index (χ4v) is 3.94. The molecule has 3 rings (SSSR count). The number of fused-ring (bicyclic) bond motifs is 1. The summed E-state index contributed by atoms with van der Waals surface area (Å²) < 4.78 is 5.24. The molecule has 0 radical (unpaired) electrons. The second-order valence-corrected chi connectivity index (χ2v) is 6.38. The number of rotatable bonds is 6. The summed E-state index contributed by atoms with van der Waals surface area (Å²) >= 11 is 0. The minimum atomic E-state index is -1.17. The van der Waals surface area contributed by atoms with Crippen molar-refractivity contribution in [3.8, 4) is 0 Å². The molecule has 6 nitrogen and oxygen atoms in total. The van der Waals surface area contributed by atoms with E-state index in [1.54, 1.807) is 11.8 Å². The second kappa shape index (κ2) is 6.70. The lowest BCUT2D eigenvalue weighted by Crippen LogP contribution is -2.39. The zero-order valence-corrected chi connectivity index (χ0v) is 14.1. The van der Waals surface area contributed by atoms with Gasteiger partial charge in [0.25, 0.3) is 0 Å². The molecule has 0 spiro atoms. The molecule has 1 saturated heterocycles. The fraction of sp³-hybridized carbons (Fsp3) is 0.421. The second-order valence-electron chi connectivity index (χ2n) is 6.38. The van der Waals surface area contributed by atoms with Gasteiger partial charge in [-0.2, -0.15) is 0 Å². The van der Waals surface area contributed by atoms with Gasteiger partial charge >= 0.3 is 11.9 Å². The molecule has 2 aliphatic rings. The SMILES string of the molecule is CCOC(=O)[C@]12CCC=C1N(Cc1ccccc1)C(=O)[C@@H]2CC(=O)O. The van der Waals surface area contributed by atoms with Crippen molar-refractivity contribution in [2.75, 3.05) is 6.61 Å². The van der Waals surface area contributed by atoms with Gasteiger partial charge < -0.3 is 14.7 Å². The molecule has 1 amide bonds. The van der Waals surface area contributed by atoms with Crippen LogP contribution in [0.25, 0.3) is 0 Å². The molecule has 1 fully saturated rings. The van der Waals surface area contributed by atoms with Crippen LogP contribution in [0.2, 0.25) is 0 Å². The first-order valence-corrected chi connectivity index (χ1v) is 8.45. The maximum atomic E-state index is 13.0. The van der Waals surface area contributed by atoms with E-state index in [9.17, 15) is 19.5 Å². The Morgan fingerprint density at radius 1 is 1.32 bits per heavy atom. The summed E-state index contributed by atoms with van der Waals surface area (Å²) in [6, 6.07) is 9.46. The van der Waals surface area contributed by atoms with E-state index < -0.39 is 23.3 Å². The average Bonchev–Trinajstić information content (AvgIpc) is 3.10. The molecule has 0 saturated carbocycles. The van der Waals surface area contributed by atoms with E-state index in [4.69, 9.17) is 4.74 Å². The van der Waals surface area contributed by atoms with E-state index in [2.05, 4.69) is 0 Å². The molecule has 0 unspecified atom stereocenters. The molecule has 0 bridgehead atoms. The van der Waals surface area contributed by atoms with Crippen LogP contribution in [-0.2, 0) is 25.7 Å². The number of likely N-dealkylation sites (tertiary alicyclic amines) is 1. The Morgan fingerprint density at radius 2 is 2.04 bits per heavy atom. The van der Waals surface area contributed by atoms with Crippen molar-refractivity contribution in [2.45, 2.75) is 32.7 Å². The third-order valence-electron chi connectivity index (χ3n) is 4.99. The summed E-state index contributed by atoms with van der Waals surface area (Å²) in [4.78, 5) is 38.6. The van der Waals surface area contributed by atoms with Gasteiger partial charge in [-0.05, 0) is 25.3 Å². The topological polar surface area (TPSA) is 83.9 Å². The van der Waals surface area contributed by atoms with Crippen LogP contribution in [0.1, 0.15) is 31.7 Å². The zero-order valence-electron chi connectivity index (χ0n) is 14.1. The summed E-state index contributed by atoms with van der Waals surface area (Å²) in [6.07, 6.45) is 2.54. The number of carboxylic acid groups (broad SMARTS) is 1. The number of carbonyl (C=O) groups is 3. The van der Waals surface area contributed by atoms with Crippen molar-refractivity contribution in [3.05, 3.63) is 47.7 Å². The molecular weight excluding hydrogens is 322 g/mol. The van der Waals surface area contributed by atoms with Crippen molar-refractivity contribution in [1.82, 2.24) is 4.90 Å². The molecule has 1 aliphatic carbocycles. The highest BCUT2D eigenvalue weighted by Gasteiger charge is 2.63. The molecule has 1 aromatic rings. The third kappa shape index (κ3) is 2.81. The highest BCUT2D eigenvalue weighted by molar-refractivity contribution is 5.98. The van der Waals surface area contributed by atoms with Crippen molar-refractivity contribution >= 4 is 17.8 Å². The molecule has 132 valence electrons. The summed E-state index contributed by atoms with van der Waals surface area (Å²) in [5.41, 5.74) is 0.365. The molecule has 1 heterocycles. The normalized spacial score (nSPS) is 24.8. The van der Waals surface area contributed by atoms with Crippen LogP contribution >= 0.6 is 0 Å². The Hall–Kier alpha value is -2.63. The monoisotopic (exact) mass is 343 g/mol. The highest BCUT2D eigenvalue weighted by atomic mass is 16.5. The Bertz CT molecular complexity index is 727. The van der Waals surface area contributed by atoms with Gasteiger partial charge in [0.05, 0.1) is 25.5 Å². The number of amides is 1. The van der Waals surface area contributed by atoms with Gasteiger partial charge in [-0.1, -0.05) is 36.4 Å². The fourth-order valence-electron chi connectivity index (χ4n) is 3.94. The zero-order chi connectivity index (χ0) is 18.0. The average molecular weight is 343 g/mol. The first-order chi connectivity index (χ1) is 12.0. The summed E-state index contributed by atoms with van der Waals surface area (Å²) in [5.74, 6) is -2.81. The Morgan fingerprint density at radius 3 is 2.68 bits per heavy atom. The number of benzene rings is 1. The van der Waals surface area contributed by atoms with Gasteiger partial charge in [0, 0.05) is 5.70 Å². The lowest BCUT2D eigenvalue weighted by Gasteiger charge is -2.28. The minimum absolute atomic E-state index is 0.195. The summed E-state index contributed by atoms with van der Waals surface area (Å²) in [5, 5.41) is 9.27. The standard InChI is InChI=1S/C19H21NO5/c1-2-25-18(24)19-10-6-9-15(19)20(12-13-7-4-3-5-8-13)17(23)14(19)11-16(21)22/h3-5,7-9,14H,2,6,10-12H2,1H3,(H,21,22)/t14-,19-/m0/s1. The van der Waals surface area contributed by atoms with Crippen LogP contribution in [0.4, 0.5) is 0 Å². The highest BCUT2D eigenvalue weighted by Crippen LogP contribution is 2.55. The van der Waals surface area contributed by atoms with E-state index in [1.807, 2.05) is 36.4 Å². The van der Waals surface area contributed by atoms with Crippen LogP contribution in [0.5, 0.6) is 0 Å². The van der Waals surface area contributed by atoms with Crippen molar-refractivity contribution in [1.29, 1.82) is 0 Å². The van der Waals surface area contributed by atoms with Gasteiger partial charge in [0.15, 0.2) is 0 Å². The molecule has 6 heteroatoms. The lowest BCUT2D eigenvalue weighted by molar-refractivity contribution is -0.158. The smallest absolute Gasteiger partial charge is 0.318 e. The van der Waals surface area contributed by atoms with Crippen LogP contribution in [-0.4, -0.2) is 34.5 Å². The molecule has 1 aliphatic heterocycles. The van der Waals surface area contributed by atoms with Gasteiger partial charge in [-0.15, -0.1) is 0 Å². The summed E-state index contributed by atoms with van der Waals surface area (Å²) in [7, 11) is 0. The predicted octanol–water partition coefficient (Wildman–Crippen LogP) is 2.35. The Kier molecular flexibility index (Phi) is 4.61. The van der Waals surface area contributed by atoms with E-state index >= 15 is 0 Å². The number of hydrogen-bond acceptors (Lipinski definition) is 4. The number of aliphatic carboxylic acids is 1. The van der Waals surface area contributed by atoms with Gasteiger partial charge in [0.1, 0.15) is 5.41 Å². The molecule has 25 heavy (non-hydrogen) atoms. The number of nitrogens with zero attached hydrogens (tertiary/aromatic N) is 1. The molecule has 1 N–H and O–H groups in total. The van der Waals surface area contributed by atoms with Crippen LogP contribution in [0.15, 0.2) is 42.1 Å². The van der Waals surface area contributed by atoms with Gasteiger partial charge in [0.2, 0.25) is 5.91 Å². The minimum Gasteiger partial charge on any atom is -0.481 e. The molecular formula is C19H21NO5. The van der Waals surface area contributed by atoms with E-state index in [1.165, 1.54) is 0 Å². The number of hydrogen-bond donors (Lipinski definition) is 1. The predicted molar refractivity (Wildman–Crippen MR) is 89.1 cm³/mol. The van der Waals surface area contributed by atoms with E-state index in [0.717, 1.165) is 5.56 Å².